The van der Waals surface area contributed by atoms with E-state index in [1.165, 1.54) is 0 Å². The van der Waals surface area contributed by atoms with Crippen molar-refractivity contribution in [2.45, 2.75) is 26.8 Å². The van der Waals surface area contributed by atoms with Crippen molar-refractivity contribution in [1.82, 2.24) is 4.98 Å². The summed E-state index contributed by atoms with van der Waals surface area (Å²) in [6, 6.07) is 5.38. The summed E-state index contributed by atoms with van der Waals surface area (Å²) < 4.78 is 0. The lowest BCUT2D eigenvalue weighted by molar-refractivity contribution is -0.115. The minimum atomic E-state index is -0.0200. The molecule has 0 saturated heterocycles. The lowest BCUT2D eigenvalue weighted by atomic mass is 10.2. The first-order valence-corrected chi connectivity index (χ1v) is 7.58. The third kappa shape index (κ3) is 3.95. The standard InChI is InChI=1S/C14H16ClN3OS/c1-3-14(19)18-10-4-5-12(15)13(6-10)16-7-11-8-20-9(2)17-11/h4-6,8,16H,3,7H2,1-2H3,(H,18,19). The van der Waals surface area contributed by atoms with Crippen LogP contribution in [0.4, 0.5) is 11.4 Å². The summed E-state index contributed by atoms with van der Waals surface area (Å²) in [5, 5.41) is 9.71. The van der Waals surface area contributed by atoms with Gasteiger partial charge in [0.1, 0.15) is 0 Å². The number of halogens is 1. The Morgan fingerprint density at radius 2 is 2.25 bits per heavy atom. The van der Waals surface area contributed by atoms with Crippen molar-refractivity contribution >= 4 is 40.2 Å². The molecule has 0 aliphatic heterocycles. The minimum Gasteiger partial charge on any atom is -0.378 e. The van der Waals surface area contributed by atoms with Crippen molar-refractivity contribution in [2.24, 2.45) is 0 Å². The highest BCUT2D eigenvalue weighted by atomic mass is 35.5. The SMILES string of the molecule is CCC(=O)Nc1ccc(Cl)c(NCc2csc(C)n2)c1. The Bertz CT molecular complexity index is 612. The van der Waals surface area contributed by atoms with Gasteiger partial charge in [0.05, 0.1) is 28.0 Å². The Morgan fingerprint density at radius 1 is 1.45 bits per heavy atom. The summed E-state index contributed by atoms with van der Waals surface area (Å²) >= 11 is 7.76. The van der Waals surface area contributed by atoms with Crippen molar-refractivity contribution in [2.75, 3.05) is 10.6 Å². The summed E-state index contributed by atoms with van der Waals surface area (Å²) in [7, 11) is 0. The number of carbonyl (C=O) groups is 1. The largest absolute Gasteiger partial charge is 0.378 e. The lowest BCUT2D eigenvalue weighted by Gasteiger charge is -2.10. The highest BCUT2D eigenvalue weighted by Gasteiger charge is 2.05. The van der Waals surface area contributed by atoms with Crippen molar-refractivity contribution < 1.29 is 4.79 Å². The van der Waals surface area contributed by atoms with E-state index in [-0.39, 0.29) is 5.91 Å². The highest BCUT2D eigenvalue weighted by molar-refractivity contribution is 7.09. The van der Waals surface area contributed by atoms with Crippen LogP contribution in [0.1, 0.15) is 24.0 Å². The second-order valence-corrected chi connectivity index (χ2v) is 5.78. The van der Waals surface area contributed by atoms with Crippen LogP contribution in [0.15, 0.2) is 23.6 Å². The molecular weight excluding hydrogens is 294 g/mol. The number of carbonyl (C=O) groups excluding carboxylic acids is 1. The van der Waals surface area contributed by atoms with Crippen LogP contribution in [-0.4, -0.2) is 10.9 Å². The molecule has 0 fully saturated rings. The monoisotopic (exact) mass is 309 g/mol. The van der Waals surface area contributed by atoms with Crippen LogP contribution in [0.3, 0.4) is 0 Å². The number of hydrogen-bond donors (Lipinski definition) is 2. The normalized spacial score (nSPS) is 10.3. The van der Waals surface area contributed by atoms with Gasteiger partial charge in [0.15, 0.2) is 0 Å². The zero-order valence-electron chi connectivity index (χ0n) is 11.4. The molecule has 0 unspecified atom stereocenters. The van der Waals surface area contributed by atoms with Crippen LogP contribution in [0.25, 0.3) is 0 Å². The second kappa shape index (κ2) is 6.72. The number of amides is 1. The molecule has 0 spiro atoms. The van der Waals surface area contributed by atoms with Gasteiger partial charge in [-0.25, -0.2) is 4.98 Å². The van der Waals surface area contributed by atoms with Crippen LogP contribution in [0.5, 0.6) is 0 Å². The minimum absolute atomic E-state index is 0.0200. The molecule has 6 heteroatoms. The molecule has 20 heavy (non-hydrogen) atoms. The van der Waals surface area contributed by atoms with E-state index in [1.807, 2.05) is 25.3 Å². The van der Waals surface area contributed by atoms with Gasteiger partial charge in [-0.3, -0.25) is 4.79 Å². The van der Waals surface area contributed by atoms with E-state index in [4.69, 9.17) is 11.6 Å². The van der Waals surface area contributed by atoms with Gasteiger partial charge in [-0.05, 0) is 25.1 Å². The maximum absolute atomic E-state index is 11.4. The quantitative estimate of drug-likeness (QED) is 0.875. The molecule has 0 bridgehead atoms. The van der Waals surface area contributed by atoms with Crippen molar-refractivity contribution in [1.29, 1.82) is 0 Å². The molecule has 0 aliphatic rings. The van der Waals surface area contributed by atoms with E-state index < -0.39 is 0 Å². The fourth-order valence-corrected chi connectivity index (χ4v) is 2.46. The molecule has 0 aliphatic carbocycles. The number of rotatable bonds is 5. The maximum atomic E-state index is 11.4. The number of thiazole rings is 1. The topological polar surface area (TPSA) is 54.0 Å². The van der Waals surface area contributed by atoms with Gasteiger partial charge < -0.3 is 10.6 Å². The van der Waals surface area contributed by atoms with Crippen LogP contribution in [-0.2, 0) is 11.3 Å². The smallest absolute Gasteiger partial charge is 0.224 e. The third-order valence-corrected chi connectivity index (χ3v) is 3.85. The Morgan fingerprint density at radius 3 is 2.90 bits per heavy atom. The average Bonchev–Trinajstić information content (AvgIpc) is 2.85. The number of aryl methyl sites for hydroxylation is 1. The van der Waals surface area contributed by atoms with E-state index in [1.54, 1.807) is 23.5 Å². The maximum Gasteiger partial charge on any atom is 0.224 e. The predicted molar refractivity (Wildman–Crippen MR) is 84.6 cm³/mol. The first-order chi connectivity index (χ1) is 9.58. The van der Waals surface area contributed by atoms with E-state index >= 15 is 0 Å². The molecule has 106 valence electrons. The van der Waals surface area contributed by atoms with Gasteiger partial charge in [-0.15, -0.1) is 11.3 Å². The van der Waals surface area contributed by atoms with Gasteiger partial charge in [-0.2, -0.15) is 0 Å². The van der Waals surface area contributed by atoms with Crippen LogP contribution in [0.2, 0.25) is 5.02 Å². The third-order valence-electron chi connectivity index (χ3n) is 2.70. The number of nitrogens with zero attached hydrogens (tertiary/aromatic N) is 1. The summed E-state index contributed by atoms with van der Waals surface area (Å²) in [5.74, 6) is -0.0200. The van der Waals surface area contributed by atoms with Gasteiger partial charge in [0.2, 0.25) is 5.91 Å². The zero-order chi connectivity index (χ0) is 14.5. The molecule has 0 saturated carbocycles. The van der Waals surface area contributed by atoms with Gasteiger partial charge in [0.25, 0.3) is 0 Å². The second-order valence-electron chi connectivity index (χ2n) is 4.31. The van der Waals surface area contributed by atoms with E-state index in [2.05, 4.69) is 15.6 Å². The molecule has 0 atom stereocenters. The lowest BCUT2D eigenvalue weighted by Crippen LogP contribution is -2.10. The molecular formula is C14H16ClN3OS. The number of benzene rings is 1. The van der Waals surface area contributed by atoms with Crippen molar-refractivity contribution in [3.05, 3.63) is 39.3 Å². The van der Waals surface area contributed by atoms with Gasteiger partial charge in [0, 0.05) is 17.5 Å². The van der Waals surface area contributed by atoms with Crippen LogP contribution in [0, 0.1) is 6.92 Å². The summed E-state index contributed by atoms with van der Waals surface area (Å²) in [6.45, 7) is 4.40. The molecule has 4 nitrogen and oxygen atoms in total. The first-order valence-electron chi connectivity index (χ1n) is 6.32. The molecule has 1 aromatic carbocycles. The van der Waals surface area contributed by atoms with Gasteiger partial charge in [-0.1, -0.05) is 18.5 Å². The van der Waals surface area contributed by atoms with Crippen LogP contribution < -0.4 is 10.6 Å². The number of anilines is 2. The predicted octanol–water partition coefficient (Wildman–Crippen LogP) is 4.07. The molecule has 1 heterocycles. The Kier molecular flexibility index (Phi) is 4.98. The molecule has 0 radical (unpaired) electrons. The Balaban J connectivity index is 2.06. The number of nitrogens with one attached hydrogen (secondary N) is 2. The molecule has 2 aromatic rings. The fourth-order valence-electron chi connectivity index (χ4n) is 1.66. The van der Waals surface area contributed by atoms with E-state index in [0.29, 0.717) is 18.0 Å². The molecule has 2 N–H and O–H groups in total. The van der Waals surface area contributed by atoms with Crippen LogP contribution >= 0.6 is 22.9 Å². The Hall–Kier alpha value is -1.59. The molecule has 2 rings (SSSR count). The summed E-state index contributed by atoms with van der Waals surface area (Å²) in [5.41, 5.74) is 2.50. The number of aromatic nitrogens is 1. The highest BCUT2D eigenvalue weighted by Crippen LogP contribution is 2.26. The Labute approximate surface area is 127 Å². The van der Waals surface area contributed by atoms with E-state index in [0.717, 1.165) is 22.1 Å². The first kappa shape index (κ1) is 14.8. The van der Waals surface area contributed by atoms with Crippen molar-refractivity contribution in [3.8, 4) is 0 Å². The summed E-state index contributed by atoms with van der Waals surface area (Å²) in [6.07, 6.45) is 0.448. The summed E-state index contributed by atoms with van der Waals surface area (Å²) in [4.78, 5) is 15.8. The zero-order valence-corrected chi connectivity index (χ0v) is 12.9. The average molecular weight is 310 g/mol. The number of hydrogen-bond acceptors (Lipinski definition) is 4. The van der Waals surface area contributed by atoms with Crippen molar-refractivity contribution in [3.63, 3.8) is 0 Å². The van der Waals surface area contributed by atoms with E-state index in [9.17, 15) is 4.79 Å². The van der Waals surface area contributed by atoms with Gasteiger partial charge >= 0.3 is 0 Å². The molecule has 1 aromatic heterocycles. The molecule has 1 amide bonds. The fraction of sp³-hybridized carbons (Fsp3) is 0.286.